The van der Waals surface area contributed by atoms with Crippen molar-refractivity contribution in [2.45, 2.75) is 0 Å². The molecule has 2 aromatic rings. The van der Waals surface area contributed by atoms with Crippen molar-refractivity contribution in [3.63, 3.8) is 0 Å². The maximum Gasteiger partial charge on any atom is 0.162 e. The van der Waals surface area contributed by atoms with Gasteiger partial charge in [-0.3, -0.25) is 4.99 Å². The number of aliphatic imine (C=N–C) groups is 1. The Labute approximate surface area is 111 Å². The van der Waals surface area contributed by atoms with Gasteiger partial charge in [0.25, 0.3) is 0 Å². The summed E-state index contributed by atoms with van der Waals surface area (Å²) in [5, 5.41) is 3.18. The van der Waals surface area contributed by atoms with Gasteiger partial charge in [-0.2, -0.15) is 0 Å². The second kappa shape index (κ2) is 5.48. The number of hydrogen-bond acceptors (Lipinski definition) is 5. The Kier molecular flexibility index (Phi) is 3.36. The summed E-state index contributed by atoms with van der Waals surface area (Å²) in [6, 6.07) is 9.55. The summed E-state index contributed by atoms with van der Waals surface area (Å²) in [5.74, 6) is 2.33. The summed E-state index contributed by atoms with van der Waals surface area (Å²) in [4.78, 5) is 12.8. The molecule has 1 aromatic heterocycles. The number of amidine groups is 1. The van der Waals surface area contributed by atoms with Crippen LogP contribution in [0.1, 0.15) is 0 Å². The van der Waals surface area contributed by atoms with E-state index in [2.05, 4.69) is 20.3 Å². The zero-order valence-electron chi connectivity index (χ0n) is 10.4. The van der Waals surface area contributed by atoms with Crippen molar-refractivity contribution in [2.75, 3.05) is 19.7 Å². The first kappa shape index (κ1) is 11.6. The lowest BCUT2D eigenvalue weighted by Crippen LogP contribution is -2.25. The van der Waals surface area contributed by atoms with Crippen LogP contribution < -0.4 is 10.1 Å². The molecule has 5 nitrogen and oxygen atoms in total. The number of para-hydroxylation sites is 1. The second-order valence-electron chi connectivity index (χ2n) is 4.11. The topological polar surface area (TPSA) is 59.4 Å². The number of benzene rings is 1. The van der Waals surface area contributed by atoms with Crippen molar-refractivity contribution >= 4 is 5.84 Å². The largest absolute Gasteiger partial charge is 0.485 e. The van der Waals surface area contributed by atoms with Crippen LogP contribution in [0.25, 0.3) is 11.4 Å². The third kappa shape index (κ3) is 2.70. The molecule has 1 aromatic carbocycles. The van der Waals surface area contributed by atoms with Crippen molar-refractivity contribution in [2.24, 2.45) is 4.99 Å². The summed E-state index contributed by atoms with van der Waals surface area (Å²) in [6.45, 7) is 2.16. The summed E-state index contributed by atoms with van der Waals surface area (Å²) < 4.78 is 5.80. The molecule has 19 heavy (non-hydrogen) atoms. The Morgan fingerprint density at radius 3 is 2.74 bits per heavy atom. The second-order valence-corrected chi connectivity index (χ2v) is 4.11. The molecule has 0 spiro atoms. The van der Waals surface area contributed by atoms with Crippen molar-refractivity contribution in [1.82, 2.24) is 15.3 Å². The molecule has 0 aliphatic carbocycles. The maximum absolute atomic E-state index is 5.80. The van der Waals surface area contributed by atoms with E-state index in [4.69, 9.17) is 4.74 Å². The summed E-state index contributed by atoms with van der Waals surface area (Å²) in [5.41, 5.74) is 0.890. The van der Waals surface area contributed by atoms with Gasteiger partial charge in [0.15, 0.2) is 5.82 Å². The smallest absolute Gasteiger partial charge is 0.162 e. The number of rotatable bonds is 4. The molecule has 0 saturated heterocycles. The Morgan fingerprint density at radius 1 is 1.11 bits per heavy atom. The molecule has 2 heterocycles. The highest BCUT2D eigenvalue weighted by Crippen LogP contribution is 2.26. The molecule has 0 saturated carbocycles. The third-order valence-electron chi connectivity index (χ3n) is 2.80. The predicted molar refractivity (Wildman–Crippen MR) is 73.3 cm³/mol. The Hall–Kier alpha value is -2.43. The van der Waals surface area contributed by atoms with Gasteiger partial charge in [0, 0.05) is 18.9 Å². The molecular weight excluding hydrogens is 240 g/mol. The van der Waals surface area contributed by atoms with Crippen LogP contribution in [-0.2, 0) is 0 Å². The predicted octanol–water partition coefficient (Wildman–Crippen LogP) is 1.52. The van der Waals surface area contributed by atoms with Crippen LogP contribution in [0.5, 0.6) is 5.75 Å². The average molecular weight is 254 g/mol. The van der Waals surface area contributed by atoms with Gasteiger partial charge in [-0.1, -0.05) is 12.1 Å². The average Bonchev–Trinajstić information content (AvgIpc) is 3.00. The van der Waals surface area contributed by atoms with E-state index >= 15 is 0 Å². The number of hydrogen-bond donors (Lipinski definition) is 1. The fraction of sp³-hybridized carbons (Fsp3) is 0.214. The fourth-order valence-corrected chi connectivity index (χ4v) is 1.91. The molecule has 0 atom stereocenters. The van der Waals surface area contributed by atoms with Gasteiger partial charge in [0.2, 0.25) is 0 Å². The normalized spacial score (nSPS) is 13.8. The molecule has 0 unspecified atom stereocenters. The highest BCUT2D eigenvalue weighted by Gasteiger charge is 2.10. The minimum absolute atomic E-state index is 0.448. The van der Waals surface area contributed by atoms with Gasteiger partial charge in [-0.15, -0.1) is 0 Å². The van der Waals surface area contributed by atoms with E-state index in [1.807, 2.05) is 24.3 Å². The van der Waals surface area contributed by atoms with Crippen LogP contribution in [0.2, 0.25) is 0 Å². The number of aromatic nitrogens is 2. The SMILES string of the molecule is c1cnc(-c2ccccc2OCC2=NCCN2)nc1. The van der Waals surface area contributed by atoms with E-state index in [9.17, 15) is 0 Å². The quantitative estimate of drug-likeness (QED) is 0.898. The van der Waals surface area contributed by atoms with E-state index in [-0.39, 0.29) is 0 Å². The van der Waals surface area contributed by atoms with Crippen molar-refractivity contribution in [3.8, 4) is 17.1 Å². The minimum Gasteiger partial charge on any atom is -0.485 e. The summed E-state index contributed by atoms with van der Waals surface area (Å²) >= 11 is 0. The molecule has 1 aliphatic heterocycles. The lowest BCUT2D eigenvalue weighted by Gasteiger charge is -2.10. The lowest BCUT2D eigenvalue weighted by molar-refractivity contribution is 0.375. The van der Waals surface area contributed by atoms with Gasteiger partial charge < -0.3 is 10.1 Å². The maximum atomic E-state index is 5.80. The van der Waals surface area contributed by atoms with E-state index in [1.165, 1.54) is 0 Å². The van der Waals surface area contributed by atoms with Gasteiger partial charge in [-0.25, -0.2) is 9.97 Å². The molecule has 0 amide bonds. The molecule has 1 N–H and O–H groups in total. The Balaban J connectivity index is 1.81. The van der Waals surface area contributed by atoms with Gasteiger partial charge in [0.05, 0.1) is 12.1 Å². The molecule has 96 valence electrons. The number of ether oxygens (including phenoxy) is 1. The summed E-state index contributed by atoms with van der Waals surface area (Å²) in [7, 11) is 0. The van der Waals surface area contributed by atoms with Gasteiger partial charge in [-0.05, 0) is 18.2 Å². The first-order chi connectivity index (χ1) is 9.43. The molecular formula is C14H14N4O. The highest BCUT2D eigenvalue weighted by molar-refractivity contribution is 5.85. The van der Waals surface area contributed by atoms with Crippen molar-refractivity contribution in [3.05, 3.63) is 42.7 Å². The highest BCUT2D eigenvalue weighted by atomic mass is 16.5. The van der Waals surface area contributed by atoms with Crippen LogP contribution in [-0.4, -0.2) is 35.5 Å². The van der Waals surface area contributed by atoms with Crippen molar-refractivity contribution < 1.29 is 4.74 Å². The van der Waals surface area contributed by atoms with Gasteiger partial charge in [0.1, 0.15) is 18.2 Å². The van der Waals surface area contributed by atoms with Crippen LogP contribution in [0.3, 0.4) is 0 Å². The number of nitrogens with one attached hydrogen (secondary N) is 1. The van der Waals surface area contributed by atoms with E-state index in [0.717, 1.165) is 30.2 Å². The first-order valence-electron chi connectivity index (χ1n) is 6.20. The Bertz CT molecular complexity index is 583. The van der Waals surface area contributed by atoms with Crippen LogP contribution >= 0.6 is 0 Å². The summed E-state index contributed by atoms with van der Waals surface area (Å²) in [6.07, 6.45) is 3.45. The molecule has 1 aliphatic rings. The standard InChI is InChI=1S/C14H14N4O/c1-2-5-12(19-10-13-15-8-9-16-13)11(4-1)14-17-6-3-7-18-14/h1-7H,8-10H2,(H,15,16). The Morgan fingerprint density at radius 2 is 1.95 bits per heavy atom. The molecule has 0 bridgehead atoms. The zero-order chi connectivity index (χ0) is 12.9. The minimum atomic E-state index is 0.448. The van der Waals surface area contributed by atoms with Gasteiger partial charge >= 0.3 is 0 Å². The molecule has 3 rings (SSSR count). The molecule has 0 radical (unpaired) electrons. The van der Waals surface area contributed by atoms with Crippen LogP contribution in [0.15, 0.2) is 47.7 Å². The van der Waals surface area contributed by atoms with E-state index in [0.29, 0.717) is 12.4 Å². The zero-order valence-corrected chi connectivity index (χ0v) is 10.4. The lowest BCUT2D eigenvalue weighted by atomic mass is 10.2. The third-order valence-corrected chi connectivity index (χ3v) is 2.80. The van der Waals surface area contributed by atoms with Crippen molar-refractivity contribution in [1.29, 1.82) is 0 Å². The fourth-order valence-electron chi connectivity index (χ4n) is 1.91. The molecule has 5 heteroatoms. The monoisotopic (exact) mass is 254 g/mol. The van der Waals surface area contributed by atoms with E-state index < -0.39 is 0 Å². The van der Waals surface area contributed by atoms with Crippen LogP contribution in [0, 0.1) is 0 Å². The number of nitrogens with zero attached hydrogens (tertiary/aromatic N) is 3. The molecule has 0 fully saturated rings. The first-order valence-corrected chi connectivity index (χ1v) is 6.20. The van der Waals surface area contributed by atoms with E-state index in [1.54, 1.807) is 18.5 Å². The van der Waals surface area contributed by atoms with Crippen LogP contribution in [0.4, 0.5) is 0 Å².